The first-order valence-electron chi connectivity index (χ1n) is 7.06. The van der Waals surface area contributed by atoms with Gasteiger partial charge in [0.1, 0.15) is 0 Å². The van der Waals surface area contributed by atoms with Gasteiger partial charge in [-0.25, -0.2) is 9.97 Å². The first kappa shape index (κ1) is 13.8. The van der Waals surface area contributed by atoms with E-state index in [1.54, 1.807) is 22.5 Å². The molecule has 0 bridgehead atoms. The van der Waals surface area contributed by atoms with Crippen LogP contribution in [-0.2, 0) is 7.05 Å². The van der Waals surface area contributed by atoms with E-state index in [1.165, 1.54) is 11.3 Å². The summed E-state index contributed by atoms with van der Waals surface area (Å²) < 4.78 is 2.72. The van der Waals surface area contributed by atoms with Crippen molar-refractivity contribution in [1.82, 2.24) is 19.7 Å². The average Bonchev–Trinajstić information content (AvgIpc) is 3.11. The van der Waals surface area contributed by atoms with E-state index in [1.807, 2.05) is 32.2 Å². The summed E-state index contributed by atoms with van der Waals surface area (Å²) in [7, 11) is 1.85. The lowest BCUT2D eigenvalue weighted by Crippen LogP contribution is -2.11. The molecule has 0 aliphatic rings. The zero-order chi connectivity index (χ0) is 16.0. The molecule has 0 radical (unpaired) electrons. The Morgan fingerprint density at radius 2 is 2.13 bits per heavy atom. The summed E-state index contributed by atoms with van der Waals surface area (Å²) in [5, 5.41) is 8.16. The number of aromatic nitrogens is 4. The van der Waals surface area contributed by atoms with Crippen molar-refractivity contribution in [3.63, 3.8) is 0 Å². The van der Waals surface area contributed by atoms with Gasteiger partial charge in [-0.15, -0.1) is 11.3 Å². The number of rotatable bonds is 2. The molecule has 0 fully saturated rings. The minimum absolute atomic E-state index is 0.164. The topological polar surface area (TPSA) is 72.7 Å². The van der Waals surface area contributed by atoms with Crippen molar-refractivity contribution >= 4 is 44.2 Å². The number of amides is 1. The lowest BCUT2D eigenvalue weighted by Gasteiger charge is -2.05. The molecule has 0 spiro atoms. The summed E-state index contributed by atoms with van der Waals surface area (Å²) >= 11 is 1.52. The van der Waals surface area contributed by atoms with Crippen molar-refractivity contribution < 1.29 is 4.79 Å². The molecule has 7 heteroatoms. The van der Waals surface area contributed by atoms with E-state index in [0.717, 1.165) is 26.9 Å². The Hall–Kier alpha value is -2.80. The molecule has 1 amide bonds. The summed E-state index contributed by atoms with van der Waals surface area (Å²) in [6.07, 6.45) is 1.65. The Balaban J connectivity index is 1.66. The van der Waals surface area contributed by atoms with Gasteiger partial charge in [0.05, 0.1) is 33.3 Å². The fourth-order valence-electron chi connectivity index (χ4n) is 2.58. The van der Waals surface area contributed by atoms with E-state index in [4.69, 9.17) is 0 Å². The molecule has 0 aliphatic heterocycles. The van der Waals surface area contributed by atoms with Crippen molar-refractivity contribution in [2.75, 3.05) is 5.32 Å². The molecule has 23 heavy (non-hydrogen) atoms. The zero-order valence-corrected chi connectivity index (χ0v) is 13.4. The molecule has 3 heterocycles. The molecule has 4 aromatic rings. The van der Waals surface area contributed by atoms with Gasteiger partial charge in [0, 0.05) is 18.0 Å². The highest BCUT2D eigenvalue weighted by molar-refractivity contribution is 7.16. The number of anilines is 1. The molecule has 1 N–H and O–H groups in total. The summed E-state index contributed by atoms with van der Waals surface area (Å²) in [4.78, 5) is 21.0. The molecule has 6 nitrogen and oxygen atoms in total. The largest absolute Gasteiger partial charge is 0.321 e. The molecule has 1 aromatic carbocycles. The summed E-state index contributed by atoms with van der Waals surface area (Å²) in [5.74, 6) is -0.164. The number of nitrogens with one attached hydrogen (secondary N) is 1. The number of pyridine rings is 1. The van der Waals surface area contributed by atoms with Crippen molar-refractivity contribution in [2.24, 2.45) is 7.05 Å². The Labute approximate surface area is 135 Å². The fourth-order valence-corrected chi connectivity index (χ4v) is 3.29. The second-order valence-electron chi connectivity index (χ2n) is 5.29. The molecule has 0 saturated heterocycles. The fraction of sp³-hybridized carbons (Fsp3) is 0.125. The minimum Gasteiger partial charge on any atom is -0.321 e. The first-order valence-corrected chi connectivity index (χ1v) is 7.94. The van der Waals surface area contributed by atoms with Gasteiger partial charge in [0.15, 0.2) is 5.65 Å². The lowest BCUT2D eigenvalue weighted by atomic mass is 10.2. The summed E-state index contributed by atoms with van der Waals surface area (Å²) in [6.45, 7) is 1.92. The van der Waals surface area contributed by atoms with Crippen LogP contribution < -0.4 is 5.32 Å². The Kier molecular flexibility index (Phi) is 3.09. The van der Waals surface area contributed by atoms with Crippen LogP contribution in [0.5, 0.6) is 0 Å². The third-order valence-electron chi connectivity index (χ3n) is 3.71. The number of carbonyl (C=O) groups is 1. The molecule has 0 unspecified atom stereocenters. The summed E-state index contributed by atoms with van der Waals surface area (Å²) in [5.41, 5.74) is 5.62. The maximum atomic E-state index is 12.4. The summed E-state index contributed by atoms with van der Waals surface area (Å²) in [6, 6.07) is 7.38. The maximum absolute atomic E-state index is 12.4. The Morgan fingerprint density at radius 1 is 1.26 bits per heavy atom. The number of hydrogen-bond acceptors (Lipinski definition) is 5. The van der Waals surface area contributed by atoms with E-state index in [0.29, 0.717) is 11.3 Å². The predicted molar refractivity (Wildman–Crippen MR) is 90.8 cm³/mol. The van der Waals surface area contributed by atoms with Crippen LogP contribution in [0.15, 0.2) is 36.0 Å². The number of hydrogen-bond donors (Lipinski definition) is 1. The van der Waals surface area contributed by atoms with Gasteiger partial charge in [-0.2, -0.15) is 5.10 Å². The van der Waals surface area contributed by atoms with E-state index < -0.39 is 0 Å². The molecule has 114 valence electrons. The van der Waals surface area contributed by atoms with Crippen LogP contribution >= 0.6 is 11.3 Å². The SMILES string of the molecule is Cc1nn(C)c2ncc(NC(=O)c3ccc4ncsc4c3)cc12. The Bertz CT molecular complexity index is 1050. The number of thiazole rings is 1. The van der Waals surface area contributed by atoms with E-state index in [-0.39, 0.29) is 5.91 Å². The van der Waals surface area contributed by atoms with Gasteiger partial charge >= 0.3 is 0 Å². The molecule has 0 atom stereocenters. The van der Waals surface area contributed by atoms with Crippen LogP contribution in [0.4, 0.5) is 5.69 Å². The van der Waals surface area contributed by atoms with Crippen LogP contribution in [0.25, 0.3) is 21.3 Å². The van der Waals surface area contributed by atoms with Crippen LogP contribution in [0, 0.1) is 6.92 Å². The monoisotopic (exact) mass is 323 g/mol. The number of aryl methyl sites for hydroxylation is 2. The van der Waals surface area contributed by atoms with Crippen LogP contribution in [0.1, 0.15) is 16.1 Å². The van der Waals surface area contributed by atoms with Crippen LogP contribution in [0.3, 0.4) is 0 Å². The maximum Gasteiger partial charge on any atom is 0.255 e. The number of fused-ring (bicyclic) bond motifs is 2. The highest BCUT2D eigenvalue weighted by atomic mass is 32.1. The highest BCUT2D eigenvalue weighted by Gasteiger charge is 2.11. The van der Waals surface area contributed by atoms with Gasteiger partial charge in [0.25, 0.3) is 5.91 Å². The Morgan fingerprint density at radius 3 is 3.00 bits per heavy atom. The lowest BCUT2D eigenvalue weighted by molar-refractivity contribution is 0.102. The van der Waals surface area contributed by atoms with E-state index in [2.05, 4.69) is 20.4 Å². The van der Waals surface area contributed by atoms with E-state index >= 15 is 0 Å². The van der Waals surface area contributed by atoms with Crippen molar-refractivity contribution in [1.29, 1.82) is 0 Å². The second-order valence-corrected chi connectivity index (χ2v) is 6.18. The average molecular weight is 323 g/mol. The molecular weight excluding hydrogens is 310 g/mol. The first-order chi connectivity index (χ1) is 11.1. The van der Waals surface area contributed by atoms with Gasteiger partial charge in [-0.05, 0) is 31.2 Å². The molecule has 4 rings (SSSR count). The predicted octanol–water partition coefficient (Wildman–Crippen LogP) is 3.14. The molecule has 0 aliphatic carbocycles. The van der Waals surface area contributed by atoms with Gasteiger partial charge in [-0.3, -0.25) is 9.48 Å². The second kappa shape index (κ2) is 5.13. The van der Waals surface area contributed by atoms with Gasteiger partial charge in [0.2, 0.25) is 0 Å². The minimum atomic E-state index is -0.164. The van der Waals surface area contributed by atoms with Crippen molar-refractivity contribution in [2.45, 2.75) is 6.92 Å². The molecule has 3 aromatic heterocycles. The third-order valence-corrected chi connectivity index (χ3v) is 4.51. The number of carbonyl (C=O) groups excluding carboxylic acids is 1. The van der Waals surface area contributed by atoms with Gasteiger partial charge < -0.3 is 5.32 Å². The third kappa shape index (κ3) is 2.35. The van der Waals surface area contributed by atoms with Gasteiger partial charge in [-0.1, -0.05) is 0 Å². The molecular formula is C16H13N5OS. The zero-order valence-electron chi connectivity index (χ0n) is 12.6. The standard InChI is InChI=1S/C16H13N5OS/c1-9-12-6-11(7-17-15(12)21(2)20-9)19-16(22)10-3-4-13-14(5-10)23-8-18-13/h3-8H,1-2H3,(H,19,22). The van der Waals surface area contributed by atoms with Crippen molar-refractivity contribution in [3.8, 4) is 0 Å². The van der Waals surface area contributed by atoms with E-state index in [9.17, 15) is 4.79 Å². The number of benzene rings is 1. The van der Waals surface area contributed by atoms with Crippen molar-refractivity contribution in [3.05, 3.63) is 47.2 Å². The number of nitrogens with zero attached hydrogens (tertiary/aromatic N) is 4. The highest BCUT2D eigenvalue weighted by Crippen LogP contribution is 2.22. The normalized spacial score (nSPS) is 11.2. The van der Waals surface area contributed by atoms with Crippen LogP contribution in [-0.4, -0.2) is 25.7 Å². The van der Waals surface area contributed by atoms with Crippen LogP contribution in [0.2, 0.25) is 0 Å². The quantitative estimate of drug-likeness (QED) is 0.615. The smallest absolute Gasteiger partial charge is 0.255 e. The molecule has 0 saturated carbocycles.